The summed E-state index contributed by atoms with van der Waals surface area (Å²) in [4.78, 5) is 5.76. The Hall–Kier alpha value is -2.84. The lowest BCUT2D eigenvalue weighted by atomic mass is 10.2. The Morgan fingerprint density at radius 3 is 3.07 bits per heavy atom. The number of hydrogen-bond donors (Lipinski definition) is 1. The number of hydrogen-bond acceptors (Lipinski definition) is 7. The van der Waals surface area contributed by atoms with E-state index in [1.807, 2.05) is 42.1 Å². The number of thiophene rings is 1. The van der Waals surface area contributed by atoms with E-state index in [1.165, 1.54) is 5.56 Å². The molecule has 0 saturated heterocycles. The molecule has 0 radical (unpaired) electrons. The quantitative estimate of drug-likeness (QED) is 0.496. The van der Waals surface area contributed by atoms with E-state index >= 15 is 0 Å². The Morgan fingerprint density at radius 2 is 2.18 bits per heavy atom. The molecule has 0 unspecified atom stereocenters. The number of rotatable bonds is 6. The molecule has 0 bridgehead atoms. The molecule has 0 saturated carbocycles. The third kappa shape index (κ3) is 3.36. The number of ether oxygens (including phenoxy) is 2. The summed E-state index contributed by atoms with van der Waals surface area (Å²) in [6.07, 6.45) is 2.02. The van der Waals surface area contributed by atoms with Crippen LogP contribution in [0.5, 0.6) is 11.5 Å². The molecule has 8 heteroatoms. The normalized spacial score (nSPS) is 12.5. The summed E-state index contributed by atoms with van der Waals surface area (Å²) in [5, 5.41) is 13.2. The molecule has 1 aliphatic heterocycles. The Kier molecular flexibility index (Phi) is 4.50. The van der Waals surface area contributed by atoms with Crippen molar-refractivity contribution in [1.29, 1.82) is 0 Å². The molecule has 0 aliphatic carbocycles. The smallest absolute Gasteiger partial charge is 0.231 e. The van der Waals surface area contributed by atoms with Crippen LogP contribution in [0.3, 0.4) is 0 Å². The summed E-state index contributed by atoms with van der Waals surface area (Å²) in [5.74, 6) is 1.61. The zero-order chi connectivity index (χ0) is 18.9. The van der Waals surface area contributed by atoms with Crippen molar-refractivity contribution in [2.45, 2.75) is 20.0 Å². The van der Waals surface area contributed by atoms with Crippen LogP contribution in [0.1, 0.15) is 16.8 Å². The van der Waals surface area contributed by atoms with Gasteiger partial charge in [-0.2, -0.15) is 16.4 Å². The fraction of sp³-hybridized carbons (Fsp3) is 0.200. The van der Waals surface area contributed by atoms with E-state index in [4.69, 9.17) is 14.6 Å². The van der Waals surface area contributed by atoms with E-state index in [0.29, 0.717) is 6.54 Å². The first-order chi connectivity index (χ1) is 13.8. The van der Waals surface area contributed by atoms with Crippen LogP contribution in [0, 0.1) is 6.92 Å². The third-order valence-electron chi connectivity index (χ3n) is 4.50. The van der Waals surface area contributed by atoms with Crippen LogP contribution in [-0.2, 0) is 13.1 Å². The summed E-state index contributed by atoms with van der Waals surface area (Å²) in [5.41, 5.74) is 4.26. The molecule has 4 aromatic rings. The highest BCUT2D eigenvalue weighted by Gasteiger charge is 2.18. The molecule has 28 heavy (non-hydrogen) atoms. The van der Waals surface area contributed by atoms with Crippen molar-refractivity contribution in [3.63, 3.8) is 0 Å². The fourth-order valence-corrected chi connectivity index (χ4v) is 4.74. The van der Waals surface area contributed by atoms with E-state index in [-0.39, 0.29) is 6.79 Å². The molecular formula is C20H18N4O2S2. The fourth-order valence-electron chi connectivity index (χ4n) is 3.15. The number of nitrogens with one attached hydrogen (secondary N) is 1. The first-order valence-electron chi connectivity index (χ1n) is 8.90. The maximum Gasteiger partial charge on any atom is 0.231 e. The van der Waals surface area contributed by atoms with Crippen molar-refractivity contribution in [3.05, 3.63) is 64.1 Å². The topological polar surface area (TPSA) is 61.2 Å². The average molecular weight is 411 g/mol. The monoisotopic (exact) mass is 410 g/mol. The van der Waals surface area contributed by atoms with Gasteiger partial charge in [-0.25, -0.2) is 4.98 Å². The van der Waals surface area contributed by atoms with Gasteiger partial charge in [0, 0.05) is 18.3 Å². The number of anilines is 1. The van der Waals surface area contributed by atoms with E-state index in [0.717, 1.165) is 45.0 Å². The molecule has 0 fully saturated rings. The lowest BCUT2D eigenvalue weighted by molar-refractivity contribution is 0.173. The van der Waals surface area contributed by atoms with Crippen molar-refractivity contribution in [3.8, 4) is 22.1 Å². The van der Waals surface area contributed by atoms with Gasteiger partial charge < -0.3 is 14.8 Å². The van der Waals surface area contributed by atoms with Crippen LogP contribution in [0.2, 0.25) is 0 Å². The molecule has 0 amide bonds. The molecule has 1 aliphatic rings. The minimum absolute atomic E-state index is 0.279. The van der Waals surface area contributed by atoms with Crippen molar-refractivity contribution in [1.82, 2.24) is 14.8 Å². The first kappa shape index (κ1) is 17.3. The van der Waals surface area contributed by atoms with Gasteiger partial charge in [0.2, 0.25) is 6.79 Å². The molecule has 4 heterocycles. The summed E-state index contributed by atoms with van der Waals surface area (Å²) in [7, 11) is 0. The van der Waals surface area contributed by atoms with Gasteiger partial charge in [0.05, 0.1) is 17.1 Å². The van der Waals surface area contributed by atoms with E-state index in [2.05, 4.69) is 27.1 Å². The van der Waals surface area contributed by atoms with Crippen LogP contribution < -0.4 is 14.8 Å². The summed E-state index contributed by atoms with van der Waals surface area (Å²) >= 11 is 3.32. The molecular weight excluding hydrogens is 392 g/mol. The number of nitrogens with zero attached hydrogens (tertiary/aromatic N) is 3. The molecule has 1 N–H and O–H groups in total. The second-order valence-corrected chi connectivity index (χ2v) is 8.25. The minimum Gasteiger partial charge on any atom is -0.454 e. The molecule has 1 aromatic carbocycles. The average Bonchev–Trinajstić information content (AvgIpc) is 3.48. The van der Waals surface area contributed by atoms with E-state index in [1.54, 1.807) is 22.7 Å². The predicted molar refractivity (Wildman–Crippen MR) is 111 cm³/mol. The third-order valence-corrected chi connectivity index (χ3v) is 6.37. The largest absolute Gasteiger partial charge is 0.454 e. The van der Waals surface area contributed by atoms with Gasteiger partial charge in [0.25, 0.3) is 0 Å². The standard InChI is InChI=1S/C20H18N4O2S2/c1-13-19(16-5-7-24(23-16)10-14-6-8-27-11-14)28-20(22-13)21-9-15-3-2-4-17-18(15)26-12-25-17/h2-8,11H,9-10,12H2,1H3,(H,21,22). The Labute approximate surface area is 170 Å². The minimum atomic E-state index is 0.279. The number of aryl methyl sites for hydroxylation is 1. The second kappa shape index (κ2) is 7.29. The number of fused-ring (bicyclic) bond motifs is 1. The Morgan fingerprint density at radius 1 is 1.21 bits per heavy atom. The molecule has 3 aromatic heterocycles. The van der Waals surface area contributed by atoms with Gasteiger partial charge in [-0.05, 0) is 41.4 Å². The van der Waals surface area contributed by atoms with Crippen LogP contribution in [0.25, 0.3) is 10.6 Å². The van der Waals surface area contributed by atoms with Crippen molar-refractivity contribution in [2.24, 2.45) is 0 Å². The zero-order valence-corrected chi connectivity index (χ0v) is 16.8. The summed E-state index contributed by atoms with van der Waals surface area (Å²) in [6, 6.07) is 10.1. The highest BCUT2D eigenvalue weighted by Crippen LogP contribution is 2.36. The number of thiazole rings is 1. The van der Waals surface area contributed by atoms with E-state index in [9.17, 15) is 0 Å². The highest BCUT2D eigenvalue weighted by molar-refractivity contribution is 7.19. The number of para-hydroxylation sites is 1. The summed E-state index contributed by atoms with van der Waals surface area (Å²) in [6.45, 7) is 3.71. The van der Waals surface area contributed by atoms with Crippen molar-refractivity contribution in [2.75, 3.05) is 12.1 Å². The maximum atomic E-state index is 5.57. The zero-order valence-electron chi connectivity index (χ0n) is 15.2. The van der Waals surface area contributed by atoms with Gasteiger partial charge in [-0.1, -0.05) is 23.5 Å². The summed E-state index contributed by atoms with van der Waals surface area (Å²) < 4.78 is 13.0. The first-order valence-corrected chi connectivity index (χ1v) is 10.7. The van der Waals surface area contributed by atoms with Crippen LogP contribution in [0.15, 0.2) is 47.3 Å². The van der Waals surface area contributed by atoms with Gasteiger partial charge in [0.1, 0.15) is 5.69 Å². The second-order valence-electron chi connectivity index (χ2n) is 6.47. The Bertz CT molecular complexity index is 1100. The van der Waals surface area contributed by atoms with Crippen LogP contribution in [0.4, 0.5) is 5.13 Å². The SMILES string of the molecule is Cc1nc(NCc2cccc3c2OCO3)sc1-c1ccn(Cc2ccsc2)n1. The molecule has 142 valence electrons. The molecule has 0 atom stereocenters. The van der Waals surface area contributed by atoms with Gasteiger partial charge >= 0.3 is 0 Å². The lowest BCUT2D eigenvalue weighted by Gasteiger charge is -2.06. The molecule has 5 rings (SSSR count). The van der Waals surface area contributed by atoms with Gasteiger partial charge in [-0.15, -0.1) is 0 Å². The van der Waals surface area contributed by atoms with Gasteiger partial charge in [0.15, 0.2) is 16.6 Å². The van der Waals surface area contributed by atoms with Crippen molar-refractivity contribution < 1.29 is 9.47 Å². The Balaban J connectivity index is 1.31. The van der Waals surface area contributed by atoms with Crippen LogP contribution in [-0.4, -0.2) is 21.6 Å². The van der Waals surface area contributed by atoms with E-state index < -0.39 is 0 Å². The maximum absolute atomic E-state index is 5.57. The lowest BCUT2D eigenvalue weighted by Crippen LogP contribution is -2.00. The highest BCUT2D eigenvalue weighted by atomic mass is 32.1. The molecule has 6 nitrogen and oxygen atoms in total. The number of aromatic nitrogens is 3. The number of benzene rings is 1. The predicted octanol–water partition coefficient (Wildman–Crippen LogP) is 4.77. The van der Waals surface area contributed by atoms with Crippen molar-refractivity contribution >= 4 is 27.8 Å². The van der Waals surface area contributed by atoms with Gasteiger partial charge in [-0.3, -0.25) is 4.68 Å². The molecule has 0 spiro atoms. The van der Waals surface area contributed by atoms with Crippen LogP contribution >= 0.6 is 22.7 Å².